The fourth-order valence-electron chi connectivity index (χ4n) is 3.36. The molecule has 1 aromatic rings. The third kappa shape index (κ3) is 3.66. The highest BCUT2D eigenvalue weighted by Gasteiger charge is 2.27. The van der Waals surface area contributed by atoms with Crippen LogP contribution in [-0.2, 0) is 4.79 Å². The third-order valence-electron chi connectivity index (χ3n) is 4.59. The topological polar surface area (TPSA) is 57.5 Å². The molecule has 2 saturated heterocycles. The molecule has 0 bridgehead atoms. The lowest BCUT2D eigenvalue weighted by Gasteiger charge is -2.27. The number of amides is 1. The van der Waals surface area contributed by atoms with Gasteiger partial charge in [-0.1, -0.05) is 0 Å². The molecule has 0 radical (unpaired) electrons. The van der Waals surface area contributed by atoms with Crippen LogP contribution in [0.1, 0.15) is 37.5 Å². The molecule has 3 heterocycles. The second-order valence-corrected chi connectivity index (χ2v) is 6.06. The zero-order valence-corrected chi connectivity index (χ0v) is 12.5. The normalized spacial score (nSPS) is 24.9. The minimum absolute atomic E-state index is 0.120. The number of nitrogens with zero attached hydrogens (tertiary/aromatic N) is 1. The molecule has 5 nitrogen and oxygen atoms in total. The number of nitrogens with one attached hydrogen (secondary N) is 2. The number of furan rings is 1. The minimum atomic E-state index is 0.120. The summed E-state index contributed by atoms with van der Waals surface area (Å²) >= 11 is 0. The van der Waals surface area contributed by atoms with E-state index in [1.54, 1.807) is 6.26 Å². The molecular formula is C16H25N3O2. The number of likely N-dealkylation sites (tertiary alicyclic amines) is 1. The average molecular weight is 291 g/mol. The molecule has 1 unspecified atom stereocenters. The van der Waals surface area contributed by atoms with Crippen LogP contribution < -0.4 is 10.6 Å². The fraction of sp³-hybridized carbons (Fsp3) is 0.688. The molecular weight excluding hydrogens is 266 g/mol. The summed E-state index contributed by atoms with van der Waals surface area (Å²) < 4.78 is 5.58. The van der Waals surface area contributed by atoms with Crippen LogP contribution in [0.4, 0.5) is 0 Å². The van der Waals surface area contributed by atoms with Crippen molar-refractivity contribution < 1.29 is 9.21 Å². The molecule has 0 aromatic carbocycles. The number of piperidine rings is 1. The Bertz CT molecular complexity index is 434. The number of carbonyl (C=O) groups excluding carboxylic acids is 1. The van der Waals surface area contributed by atoms with Crippen molar-refractivity contribution in [1.29, 1.82) is 0 Å². The Labute approximate surface area is 126 Å². The van der Waals surface area contributed by atoms with Gasteiger partial charge in [0.25, 0.3) is 0 Å². The van der Waals surface area contributed by atoms with Gasteiger partial charge in [0.1, 0.15) is 5.76 Å². The second-order valence-electron chi connectivity index (χ2n) is 6.06. The van der Waals surface area contributed by atoms with E-state index in [0.717, 1.165) is 44.8 Å². The first kappa shape index (κ1) is 14.6. The van der Waals surface area contributed by atoms with Crippen LogP contribution in [0.2, 0.25) is 0 Å². The van der Waals surface area contributed by atoms with Gasteiger partial charge in [-0.3, -0.25) is 9.69 Å². The smallest absolute Gasteiger partial charge is 0.224 e. The summed E-state index contributed by atoms with van der Waals surface area (Å²) in [7, 11) is 0. The molecule has 0 spiro atoms. The van der Waals surface area contributed by atoms with Crippen molar-refractivity contribution >= 4 is 5.91 Å². The van der Waals surface area contributed by atoms with Gasteiger partial charge in [-0.05, 0) is 57.5 Å². The summed E-state index contributed by atoms with van der Waals surface area (Å²) in [5.41, 5.74) is 0. The van der Waals surface area contributed by atoms with Crippen molar-refractivity contribution in [2.45, 2.75) is 31.7 Å². The van der Waals surface area contributed by atoms with E-state index in [-0.39, 0.29) is 17.9 Å². The van der Waals surface area contributed by atoms with Gasteiger partial charge in [0.15, 0.2) is 0 Å². The van der Waals surface area contributed by atoms with Crippen LogP contribution in [0.15, 0.2) is 22.8 Å². The Morgan fingerprint density at radius 1 is 1.43 bits per heavy atom. The molecule has 2 aliphatic rings. The Morgan fingerprint density at radius 2 is 2.29 bits per heavy atom. The summed E-state index contributed by atoms with van der Waals surface area (Å²) in [6, 6.07) is 4.10. The van der Waals surface area contributed by atoms with Crippen molar-refractivity contribution in [3.8, 4) is 0 Å². The van der Waals surface area contributed by atoms with Crippen LogP contribution in [0.5, 0.6) is 0 Å². The number of hydrogen-bond donors (Lipinski definition) is 2. The van der Waals surface area contributed by atoms with Gasteiger partial charge in [-0.25, -0.2) is 0 Å². The SMILES string of the molecule is O=C(NCC(c1ccco1)N1CCCC1)[C@H]1CCCNC1. The van der Waals surface area contributed by atoms with Crippen molar-refractivity contribution in [3.05, 3.63) is 24.2 Å². The Morgan fingerprint density at radius 3 is 2.95 bits per heavy atom. The molecule has 5 heteroatoms. The van der Waals surface area contributed by atoms with Gasteiger partial charge in [0, 0.05) is 13.1 Å². The zero-order chi connectivity index (χ0) is 14.5. The van der Waals surface area contributed by atoms with Crippen molar-refractivity contribution in [1.82, 2.24) is 15.5 Å². The van der Waals surface area contributed by atoms with E-state index in [0.29, 0.717) is 6.54 Å². The summed E-state index contributed by atoms with van der Waals surface area (Å²) in [5.74, 6) is 1.26. The molecule has 116 valence electrons. The molecule has 2 aliphatic heterocycles. The number of hydrogen-bond acceptors (Lipinski definition) is 4. The van der Waals surface area contributed by atoms with Gasteiger partial charge in [-0.2, -0.15) is 0 Å². The van der Waals surface area contributed by atoms with Gasteiger partial charge in [-0.15, -0.1) is 0 Å². The lowest BCUT2D eigenvalue weighted by Crippen LogP contribution is -2.43. The molecule has 1 aromatic heterocycles. The average Bonchev–Trinajstić information content (AvgIpc) is 3.22. The van der Waals surface area contributed by atoms with Gasteiger partial charge >= 0.3 is 0 Å². The molecule has 2 fully saturated rings. The molecule has 2 N–H and O–H groups in total. The summed E-state index contributed by atoms with van der Waals surface area (Å²) in [6.07, 6.45) is 6.26. The monoisotopic (exact) mass is 291 g/mol. The highest BCUT2D eigenvalue weighted by atomic mass is 16.3. The van der Waals surface area contributed by atoms with Gasteiger partial charge < -0.3 is 15.1 Å². The van der Waals surface area contributed by atoms with E-state index < -0.39 is 0 Å². The van der Waals surface area contributed by atoms with E-state index in [2.05, 4.69) is 15.5 Å². The zero-order valence-electron chi connectivity index (χ0n) is 12.5. The maximum absolute atomic E-state index is 12.3. The van der Waals surface area contributed by atoms with Crippen LogP contribution >= 0.6 is 0 Å². The van der Waals surface area contributed by atoms with Crippen molar-refractivity contribution in [3.63, 3.8) is 0 Å². The Kier molecular flexibility index (Phi) is 4.93. The standard InChI is InChI=1S/C16H25N3O2/c20-16(13-5-3-7-17-11-13)18-12-14(15-6-4-10-21-15)19-8-1-2-9-19/h4,6,10,13-14,17H,1-3,5,7-9,11-12H2,(H,18,20)/t13-,14?/m0/s1. The van der Waals surface area contributed by atoms with Crippen LogP contribution in [0.25, 0.3) is 0 Å². The lowest BCUT2D eigenvalue weighted by molar-refractivity contribution is -0.125. The van der Waals surface area contributed by atoms with Crippen molar-refractivity contribution in [2.75, 3.05) is 32.7 Å². The van der Waals surface area contributed by atoms with Crippen molar-refractivity contribution in [2.24, 2.45) is 5.92 Å². The predicted molar refractivity (Wildman–Crippen MR) is 80.9 cm³/mol. The summed E-state index contributed by atoms with van der Waals surface area (Å²) in [5, 5.41) is 6.43. The highest BCUT2D eigenvalue weighted by molar-refractivity contribution is 5.79. The van der Waals surface area contributed by atoms with E-state index >= 15 is 0 Å². The molecule has 21 heavy (non-hydrogen) atoms. The van der Waals surface area contributed by atoms with Gasteiger partial charge in [0.05, 0.1) is 18.2 Å². The highest BCUT2D eigenvalue weighted by Crippen LogP contribution is 2.25. The Hall–Kier alpha value is -1.33. The molecule has 3 rings (SSSR count). The quantitative estimate of drug-likeness (QED) is 0.864. The number of rotatable bonds is 5. The summed E-state index contributed by atoms with van der Waals surface area (Å²) in [4.78, 5) is 14.7. The minimum Gasteiger partial charge on any atom is -0.468 e. The first-order chi connectivity index (χ1) is 10.3. The Balaban J connectivity index is 1.58. The molecule has 2 atom stereocenters. The third-order valence-corrected chi connectivity index (χ3v) is 4.59. The first-order valence-electron chi connectivity index (χ1n) is 8.10. The van der Waals surface area contributed by atoms with E-state index in [4.69, 9.17) is 4.42 Å². The largest absolute Gasteiger partial charge is 0.468 e. The predicted octanol–water partition coefficient (Wildman–Crippen LogP) is 1.53. The maximum atomic E-state index is 12.3. The fourth-order valence-corrected chi connectivity index (χ4v) is 3.36. The lowest BCUT2D eigenvalue weighted by atomic mass is 9.98. The number of carbonyl (C=O) groups is 1. The van der Waals surface area contributed by atoms with Gasteiger partial charge in [0.2, 0.25) is 5.91 Å². The summed E-state index contributed by atoms with van der Waals surface area (Å²) in [6.45, 7) is 4.66. The van der Waals surface area contributed by atoms with E-state index in [9.17, 15) is 4.79 Å². The first-order valence-corrected chi connectivity index (χ1v) is 8.10. The van der Waals surface area contributed by atoms with E-state index in [1.807, 2.05) is 12.1 Å². The van der Waals surface area contributed by atoms with Crippen LogP contribution in [-0.4, -0.2) is 43.5 Å². The second kappa shape index (κ2) is 7.09. The van der Waals surface area contributed by atoms with E-state index in [1.165, 1.54) is 12.8 Å². The van der Waals surface area contributed by atoms with Crippen LogP contribution in [0.3, 0.4) is 0 Å². The molecule has 1 amide bonds. The molecule has 0 aliphatic carbocycles. The maximum Gasteiger partial charge on any atom is 0.224 e. The molecule has 0 saturated carbocycles. The van der Waals surface area contributed by atoms with Crippen LogP contribution in [0, 0.1) is 5.92 Å².